The molecule has 1 N–H and O–H groups in total. The van der Waals surface area contributed by atoms with Gasteiger partial charge in [-0.15, -0.1) is 0 Å². The maximum atomic E-state index is 12.0. The van der Waals surface area contributed by atoms with Gasteiger partial charge >= 0.3 is 0 Å². The van der Waals surface area contributed by atoms with Crippen molar-refractivity contribution in [2.45, 2.75) is 32.3 Å². The molecule has 4 nitrogen and oxygen atoms in total. The molecule has 1 aromatic rings. The van der Waals surface area contributed by atoms with Crippen LogP contribution in [0.5, 0.6) is 0 Å². The third-order valence-corrected chi connectivity index (χ3v) is 3.00. The number of nitrogens with zero attached hydrogens (tertiary/aromatic N) is 1. The Labute approximate surface area is 101 Å². The highest BCUT2D eigenvalue weighted by Gasteiger charge is 2.18. The highest BCUT2D eigenvalue weighted by atomic mass is 16.5. The molecule has 17 heavy (non-hydrogen) atoms. The molecule has 0 bridgehead atoms. The van der Waals surface area contributed by atoms with Crippen LogP contribution in [0.4, 0.5) is 0 Å². The van der Waals surface area contributed by atoms with Gasteiger partial charge in [-0.1, -0.05) is 13.0 Å². The van der Waals surface area contributed by atoms with Gasteiger partial charge in [-0.25, -0.2) is 0 Å². The fourth-order valence-corrected chi connectivity index (χ4v) is 2.02. The minimum atomic E-state index is -0.0991. The van der Waals surface area contributed by atoms with E-state index in [1.54, 1.807) is 6.20 Å². The van der Waals surface area contributed by atoms with Gasteiger partial charge in [-0.3, -0.25) is 9.78 Å². The predicted molar refractivity (Wildman–Crippen MR) is 64.9 cm³/mol. The standard InChI is InChI=1S/C13H18N2O2/c1-2-10-5-3-7-14-12(10)13(16)15-9-11-6-4-8-17-11/h3,5,7,11H,2,4,6,8-9H2,1H3,(H,15,16). The lowest BCUT2D eigenvalue weighted by atomic mass is 10.1. The van der Waals surface area contributed by atoms with Crippen LogP contribution in [0.1, 0.15) is 35.8 Å². The van der Waals surface area contributed by atoms with Gasteiger partial charge in [0.25, 0.3) is 5.91 Å². The molecular weight excluding hydrogens is 216 g/mol. The lowest BCUT2D eigenvalue weighted by molar-refractivity contribution is 0.0853. The van der Waals surface area contributed by atoms with E-state index >= 15 is 0 Å². The molecular formula is C13H18N2O2. The zero-order chi connectivity index (χ0) is 12.1. The van der Waals surface area contributed by atoms with Crippen LogP contribution in [0.3, 0.4) is 0 Å². The third kappa shape index (κ3) is 3.03. The number of nitrogens with one attached hydrogen (secondary N) is 1. The van der Waals surface area contributed by atoms with E-state index in [4.69, 9.17) is 4.74 Å². The minimum Gasteiger partial charge on any atom is -0.376 e. The molecule has 2 rings (SSSR count). The molecule has 1 amide bonds. The van der Waals surface area contributed by atoms with Crippen molar-refractivity contribution in [1.29, 1.82) is 0 Å². The van der Waals surface area contributed by atoms with Crippen LogP contribution in [-0.4, -0.2) is 30.1 Å². The number of rotatable bonds is 4. The molecule has 4 heteroatoms. The first-order valence-electron chi connectivity index (χ1n) is 6.15. The van der Waals surface area contributed by atoms with Crippen LogP contribution >= 0.6 is 0 Å². The van der Waals surface area contributed by atoms with E-state index in [-0.39, 0.29) is 12.0 Å². The van der Waals surface area contributed by atoms with Gasteiger partial charge < -0.3 is 10.1 Å². The summed E-state index contributed by atoms with van der Waals surface area (Å²) < 4.78 is 5.46. The second-order valence-corrected chi connectivity index (χ2v) is 4.21. The van der Waals surface area contributed by atoms with Crippen LogP contribution in [0.2, 0.25) is 0 Å². The van der Waals surface area contributed by atoms with Gasteiger partial charge in [-0.2, -0.15) is 0 Å². The third-order valence-electron chi connectivity index (χ3n) is 3.00. The van der Waals surface area contributed by atoms with Gasteiger partial charge in [0.15, 0.2) is 0 Å². The number of amides is 1. The van der Waals surface area contributed by atoms with Gasteiger partial charge in [0, 0.05) is 19.3 Å². The van der Waals surface area contributed by atoms with Crippen molar-refractivity contribution in [1.82, 2.24) is 10.3 Å². The summed E-state index contributed by atoms with van der Waals surface area (Å²) in [6, 6.07) is 3.80. The molecule has 0 aliphatic carbocycles. The monoisotopic (exact) mass is 234 g/mol. The lowest BCUT2D eigenvalue weighted by Crippen LogP contribution is -2.32. The highest BCUT2D eigenvalue weighted by molar-refractivity contribution is 5.93. The zero-order valence-electron chi connectivity index (χ0n) is 10.1. The molecule has 0 radical (unpaired) electrons. The Balaban J connectivity index is 1.94. The Morgan fingerprint density at radius 3 is 3.24 bits per heavy atom. The molecule has 1 fully saturated rings. The number of carbonyl (C=O) groups excluding carboxylic acids is 1. The van der Waals surface area contributed by atoms with Crippen molar-refractivity contribution in [3.63, 3.8) is 0 Å². The molecule has 0 saturated carbocycles. The average Bonchev–Trinajstić information content (AvgIpc) is 2.89. The summed E-state index contributed by atoms with van der Waals surface area (Å²) in [7, 11) is 0. The van der Waals surface area contributed by atoms with E-state index in [9.17, 15) is 4.79 Å². The first-order chi connectivity index (χ1) is 8.31. The largest absolute Gasteiger partial charge is 0.376 e. The molecule has 1 aliphatic heterocycles. The van der Waals surface area contributed by atoms with Gasteiger partial charge in [0.1, 0.15) is 5.69 Å². The molecule has 0 spiro atoms. The number of pyridine rings is 1. The molecule has 1 saturated heterocycles. The lowest BCUT2D eigenvalue weighted by Gasteiger charge is -2.11. The molecule has 1 unspecified atom stereocenters. The molecule has 0 aromatic carbocycles. The van der Waals surface area contributed by atoms with E-state index in [2.05, 4.69) is 10.3 Å². The predicted octanol–water partition coefficient (Wildman–Crippen LogP) is 1.55. The molecule has 1 atom stereocenters. The first-order valence-corrected chi connectivity index (χ1v) is 6.15. The summed E-state index contributed by atoms with van der Waals surface area (Å²) >= 11 is 0. The van der Waals surface area contributed by atoms with Crippen molar-refractivity contribution in [3.8, 4) is 0 Å². The summed E-state index contributed by atoms with van der Waals surface area (Å²) in [5.74, 6) is -0.0991. The number of hydrogen-bond acceptors (Lipinski definition) is 3. The van der Waals surface area contributed by atoms with Gasteiger partial charge in [0.05, 0.1) is 6.10 Å². The topological polar surface area (TPSA) is 51.2 Å². The second-order valence-electron chi connectivity index (χ2n) is 4.21. The minimum absolute atomic E-state index is 0.0991. The SMILES string of the molecule is CCc1cccnc1C(=O)NCC1CCCO1. The summed E-state index contributed by atoms with van der Waals surface area (Å²) in [5.41, 5.74) is 1.52. The van der Waals surface area contributed by atoms with E-state index in [0.29, 0.717) is 12.2 Å². The van der Waals surface area contributed by atoms with Crippen LogP contribution < -0.4 is 5.32 Å². The van der Waals surface area contributed by atoms with Crippen molar-refractivity contribution in [2.24, 2.45) is 0 Å². The van der Waals surface area contributed by atoms with Crippen LogP contribution in [0.25, 0.3) is 0 Å². The fourth-order valence-electron chi connectivity index (χ4n) is 2.02. The van der Waals surface area contributed by atoms with Crippen LogP contribution in [0, 0.1) is 0 Å². The van der Waals surface area contributed by atoms with E-state index in [0.717, 1.165) is 31.4 Å². The maximum absolute atomic E-state index is 12.0. The Morgan fingerprint density at radius 2 is 2.53 bits per heavy atom. The first kappa shape index (κ1) is 12.0. The Kier molecular flexibility index (Phi) is 4.09. The van der Waals surface area contributed by atoms with Crippen molar-refractivity contribution in [3.05, 3.63) is 29.6 Å². The quantitative estimate of drug-likeness (QED) is 0.860. The number of aryl methyl sites for hydroxylation is 1. The molecule has 2 heterocycles. The Bertz CT molecular complexity index is 387. The highest BCUT2D eigenvalue weighted by Crippen LogP contribution is 2.11. The van der Waals surface area contributed by atoms with Crippen molar-refractivity contribution in [2.75, 3.05) is 13.2 Å². The Morgan fingerprint density at radius 1 is 1.65 bits per heavy atom. The number of hydrogen-bond donors (Lipinski definition) is 1. The van der Waals surface area contributed by atoms with E-state index in [1.807, 2.05) is 19.1 Å². The smallest absolute Gasteiger partial charge is 0.270 e. The van der Waals surface area contributed by atoms with Crippen molar-refractivity contribution >= 4 is 5.91 Å². The fraction of sp³-hybridized carbons (Fsp3) is 0.538. The molecule has 92 valence electrons. The zero-order valence-corrected chi connectivity index (χ0v) is 10.1. The van der Waals surface area contributed by atoms with E-state index in [1.165, 1.54) is 0 Å². The Hall–Kier alpha value is -1.42. The van der Waals surface area contributed by atoms with E-state index < -0.39 is 0 Å². The van der Waals surface area contributed by atoms with Crippen LogP contribution in [0.15, 0.2) is 18.3 Å². The summed E-state index contributed by atoms with van der Waals surface area (Å²) in [6.07, 6.45) is 4.76. The maximum Gasteiger partial charge on any atom is 0.270 e. The van der Waals surface area contributed by atoms with Gasteiger partial charge in [-0.05, 0) is 30.9 Å². The van der Waals surface area contributed by atoms with Crippen molar-refractivity contribution < 1.29 is 9.53 Å². The van der Waals surface area contributed by atoms with Gasteiger partial charge in [0.2, 0.25) is 0 Å². The molecule has 1 aliphatic rings. The number of aromatic nitrogens is 1. The number of carbonyl (C=O) groups is 1. The second kappa shape index (κ2) is 5.77. The number of ether oxygens (including phenoxy) is 1. The molecule has 1 aromatic heterocycles. The average molecular weight is 234 g/mol. The summed E-state index contributed by atoms with van der Waals surface area (Å²) in [6.45, 7) is 3.41. The van der Waals surface area contributed by atoms with Crippen LogP contribution in [-0.2, 0) is 11.2 Å². The normalized spacial score (nSPS) is 19.2. The summed E-state index contributed by atoms with van der Waals surface area (Å²) in [4.78, 5) is 16.1. The summed E-state index contributed by atoms with van der Waals surface area (Å²) in [5, 5.41) is 2.89.